The molecular formula is C13H15N5O. The maximum atomic E-state index is 8.35. The second kappa shape index (κ2) is 4.17. The van der Waals surface area contributed by atoms with Gasteiger partial charge in [-0.15, -0.1) is 0 Å². The van der Waals surface area contributed by atoms with Gasteiger partial charge in [-0.1, -0.05) is 19.0 Å². The topological polar surface area (TPSA) is 79.7 Å². The highest BCUT2D eigenvalue weighted by Gasteiger charge is 2.35. The predicted molar refractivity (Wildman–Crippen MR) is 70.7 cm³/mol. The molecule has 0 fully saturated rings. The quantitative estimate of drug-likeness (QED) is 0.480. The van der Waals surface area contributed by atoms with Gasteiger partial charge in [0.2, 0.25) is 0 Å². The van der Waals surface area contributed by atoms with Crippen LogP contribution in [0, 0.1) is 0 Å². The molecule has 98 valence electrons. The van der Waals surface area contributed by atoms with Gasteiger partial charge in [-0.05, 0) is 11.6 Å². The molecule has 19 heavy (non-hydrogen) atoms. The molecule has 0 aliphatic heterocycles. The number of rotatable bonds is 3. The summed E-state index contributed by atoms with van der Waals surface area (Å²) in [5.74, 6) is 1.00. The highest BCUT2D eigenvalue weighted by molar-refractivity contribution is 5.70. The van der Waals surface area contributed by atoms with Crippen molar-refractivity contribution in [3.05, 3.63) is 40.3 Å². The first-order valence-corrected chi connectivity index (χ1v) is 6.27. The summed E-state index contributed by atoms with van der Waals surface area (Å²) in [6.45, 7) is 5.37. The molecule has 0 saturated carbocycles. The molecular weight excluding hydrogens is 242 g/mol. The number of hydrogen-bond acceptors (Lipinski definition) is 3. The Bertz CT molecular complexity index is 660. The van der Waals surface area contributed by atoms with E-state index in [1.54, 1.807) is 6.26 Å². The number of furan rings is 1. The summed E-state index contributed by atoms with van der Waals surface area (Å²) in [4.78, 5) is 2.78. The van der Waals surface area contributed by atoms with Gasteiger partial charge in [-0.25, -0.2) is 0 Å². The molecule has 6 nitrogen and oxygen atoms in total. The Morgan fingerprint density at radius 3 is 3.21 bits per heavy atom. The molecule has 0 atom stereocenters. The van der Waals surface area contributed by atoms with Crippen molar-refractivity contribution in [1.29, 1.82) is 0 Å². The van der Waals surface area contributed by atoms with Crippen LogP contribution in [0.15, 0.2) is 28.1 Å². The summed E-state index contributed by atoms with van der Waals surface area (Å²) < 4.78 is 7.48. The number of fused-ring (bicyclic) bond motifs is 3. The van der Waals surface area contributed by atoms with Crippen LogP contribution in [0.4, 0.5) is 0 Å². The van der Waals surface area contributed by atoms with E-state index in [9.17, 15) is 0 Å². The van der Waals surface area contributed by atoms with Gasteiger partial charge in [-0.2, -0.15) is 5.10 Å². The smallest absolute Gasteiger partial charge is 0.114 e. The van der Waals surface area contributed by atoms with E-state index in [0.717, 1.165) is 23.4 Å². The summed E-state index contributed by atoms with van der Waals surface area (Å²) in [5, 5.41) is 8.01. The summed E-state index contributed by atoms with van der Waals surface area (Å²) in [6.07, 6.45) is 4.52. The molecule has 1 aliphatic carbocycles. The lowest BCUT2D eigenvalue weighted by Gasteiger charge is -2.29. The van der Waals surface area contributed by atoms with Gasteiger partial charge in [0.25, 0.3) is 0 Å². The fourth-order valence-electron chi connectivity index (χ4n) is 2.70. The molecule has 3 rings (SSSR count). The first kappa shape index (κ1) is 11.9. The highest BCUT2D eigenvalue weighted by atomic mass is 16.3. The van der Waals surface area contributed by atoms with Gasteiger partial charge >= 0.3 is 0 Å². The summed E-state index contributed by atoms with van der Waals surface area (Å²) >= 11 is 0. The van der Waals surface area contributed by atoms with Gasteiger partial charge in [-0.3, -0.25) is 4.68 Å². The van der Waals surface area contributed by atoms with Crippen LogP contribution in [0.2, 0.25) is 0 Å². The SMILES string of the molecule is CC1(C)Cc2occc2-c2c1cnn2CCN=[N+]=[N-]. The van der Waals surface area contributed by atoms with Crippen LogP contribution in [-0.2, 0) is 18.4 Å². The van der Waals surface area contributed by atoms with E-state index in [0.29, 0.717) is 13.1 Å². The van der Waals surface area contributed by atoms with Crippen LogP contribution in [0.1, 0.15) is 25.2 Å². The van der Waals surface area contributed by atoms with Crippen LogP contribution < -0.4 is 0 Å². The molecule has 0 N–H and O–H groups in total. The molecule has 0 unspecified atom stereocenters. The number of nitrogens with zero attached hydrogens (tertiary/aromatic N) is 5. The van der Waals surface area contributed by atoms with Crippen LogP contribution in [-0.4, -0.2) is 16.3 Å². The molecule has 2 aromatic heterocycles. The lowest BCUT2D eigenvalue weighted by molar-refractivity contribution is 0.425. The summed E-state index contributed by atoms with van der Waals surface area (Å²) in [7, 11) is 0. The summed E-state index contributed by atoms with van der Waals surface area (Å²) in [5.41, 5.74) is 11.8. The Morgan fingerprint density at radius 2 is 2.42 bits per heavy atom. The maximum Gasteiger partial charge on any atom is 0.114 e. The minimum atomic E-state index is 0.0108. The van der Waals surface area contributed by atoms with E-state index < -0.39 is 0 Å². The van der Waals surface area contributed by atoms with E-state index in [1.807, 2.05) is 16.9 Å². The highest BCUT2D eigenvalue weighted by Crippen LogP contribution is 2.43. The van der Waals surface area contributed by atoms with Crippen LogP contribution in [0.25, 0.3) is 21.7 Å². The van der Waals surface area contributed by atoms with Crippen LogP contribution in [0.5, 0.6) is 0 Å². The molecule has 0 saturated heterocycles. The molecule has 0 radical (unpaired) electrons. The lowest BCUT2D eigenvalue weighted by Crippen LogP contribution is -2.25. The molecule has 0 amide bonds. The first-order valence-electron chi connectivity index (χ1n) is 6.27. The fourth-order valence-corrected chi connectivity index (χ4v) is 2.70. The number of aromatic nitrogens is 2. The van der Waals surface area contributed by atoms with Crippen molar-refractivity contribution in [2.24, 2.45) is 5.11 Å². The lowest BCUT2D eigenvalue weighted by atomic mass is 9.75. The first-order chi connectivity index (χ1) is 9.13. The van der Waals surface area contributed by atoms with Crippen molar-refractivity contribution < 1.29 is 4.42 Å². The Hall–Kier alpha value is -2.20. The normalized spacial score (nSPS) is 15.5. The van der Waals surface area contributed by atoms with E-state index in [4.69, 9.17) is 9.95 Å². The van der Waals surface area contributed by atoms with Crippen molar-refractivity contribution in [2.75, 3.05) is 6.54 Å². The average Bonchev–Trinajstić information content (AvgIpc) is 2.95. The Kier molecular flexibility index (Phi) is 2.61. The monoisotopic (exact) mass is 257 g/mol. The van der Waals surface area contributed by atoms with Gasteiger partial charge in [0.15, 0.2) is 0 Å². The zero-order chi connectivity index (χ0) is 13.5. The Morgan fingerprint density at radius 1 is 1.58 bits per heavy atom. The van der Waals surface area contributed by atoms with Crippen molar-refractivity contribution in [1.82, 2.24) is 9.78 Å². The van der Waals surface area contributed by atoms with Crippen LogP contribution >= 0.6 is 0 Å². The zero-order valence-corrected chi connectivity index (χ0v) is 11.0. The van der Waals surface area contributed by atoms with Gasteiger partial charge in [0.1, 0.15) is 5.76 Å². The predicted octanol–water partition coefficient (Wildman–Crippen LogP) is 3.29. The average molecular weight is 257 g/mol. The largest absolute Gasteiger partial charge is 0.469 e. The van der Waals surface area contributed by atoms with E-state index >= 15 is 0 Å². The third kappa shape index (κ3) is 1.81. The Balaban J connectivity index is 2.09. The maximum absolute atomic E-state index is 8.35. The second-order valence-corrected chi connectivity index (χ2v) is 5.40. The number of azide groups is 1. The van der Waals surface area contributed by atoms with Gasteiger partial charge < -0.3 is 4.42 Å². The van der Waals surface area contributed by atoms with E-state index in [-0.39, 0.29) is 5.41 Å². The third-order valence-electron chi connectivity index (χ3n) is 3.65. The standard InChI is InChI=1S/C13H15N5O/c1-13(2)7-11-9(3-6-19-11)12-10(13)8-16-18(12)5-4-15-17-14/h3,6,8H,4-5,7H2,1-2H3. The van der Waals surface area contributed by atoms with Crippen molar-refractivity contribution in [3.8, 4) is 11.3 Å². The summed E-state index contributed by atoms with van der Waals surface area (Å²) in [6, 6.07) is 1.98. The van der Waals surface area contributed by atoms with Crippen molar-refractivity contribution >= 4 is 0 Å². The minimum absolute atomic E-state index is 0.0108. The van der Waals surface area contributed by atoms with E-state index in [2.05, 4.69) is 29.0 Å². The van der Waals surface area contributed by atoms with E-state index in [1.165, 1.54) is 5.56 Å². The van der Waals surface area contributed by atoms with Crippen molar-refractivity contribution in [2.45, 2.75) is 32.2 Å². The molecule has 0 bridgehead atoms. The third-order valence-corrected chi connectivity index (χ3v) is 3.65. The fraction of sp³-hybridized carbons (Fsp3) is 0.462. The number of hydrogen-bond donors (Lipinski definition) is 0. The van der Waals surface area contributed by atoms with Gasteiger partial charge in [0, 0.05) is 41.0 Å². The van der Waals surface area contributed by atoms with Gasteiger partial charge in [0.05, 0.1) is 18.2 Å². The Labute approximate surface area is 110 Å². The minimum Gasteiger partial charge on any atom is -0.469 e. The molecule has 2 aromatic rings. The molecule has 6 heteroatoms. The molecule has 0 aromatic carbocycles. The molecule has 1 aliphatic rings. The second-order valence-electron chi connectivity index (χ2n) is 5.40. The van der Waals surface area contributed by atoms with Crippen molar-refractivity contribution in [3.63, 3.8) is 0 Å². The molecule has 0 spiro atoms. The molecule has 2 heterocycles. The van der Waals surface area contributed by atoms with Crippen LogP contribution in [0.3, 0.4) is 0 Å². The zero-order valence-electron chi connectivity index (χ0n) is 11.0.